The van der Waals surface area contributed by atoms with Gasteiger partial charge in [-0.3, -0.25) is 4.79 Å². The third-order valence-corrected chi connectivity index (χ3v) is 3.90. The van der Waals surface area contributed by atoms with E-state index in [9.17, 15) is 9.59 Å². The Kier molecular flexibility index (Phi) is 4.62. The molecule has 3 rings (SSSR count). The van der Waals surface area contributed by atoms with Gasteiger partial charge in [-0.2, -0.15) is 4.98 Å². The summed E-state index contributed by atoms with van der Waals surface area (Å²) in [5, 5.41) is 7.19. The number of benzene rings is 1. The molecule has 0 radical (unpaired) electrons. The van der Waals surface area contributed by atoms with E-state index in [4.69, 9.17) is 16.3 Å². The van der Waals surface area contributed by atoms with Crippen LogP contribution < -0.4 is 5.32 Å². The number of halogens is 1. The van der Waals surface area contributed by atoms with Crippen LogP contribution in [0.1, 0.15) is 21.9 Å². The van der Waals surface area contributed by atoms with Crippen molar-refractivity contribution >= 4 is 34.9 Å². The molecule has 2 aromatic heterocycles. The van der Waals surface area contributed by atoms with E-state index in [1.807, 2.05) is 0 Å². The van der Waals surface area contributed by atoms with E-state index >= 15 is 0 Å². The molecule has 0 bridgehead atoms. The number of aryl methyl sites for hydroxylation is 1. The summed E-state index contributed by atoms with van der Waals surface area (Å²) >= 11 is 5.99. The maximum atomic E-state index is 12.0. The Balaban J connectivity index is 1.64. The van der Waals surface area contributed by atoms with E-state index in [2.05, 4.69) is 20.4 Å². The number of nitrogens with zero attached hydrogens (tertiary/aromatic N) is 4. The quantitative estimate of drug-likeness (QED) is 0.717. The molecule has 0 fully saturated rings. The van der Waals surface area contributed by atoms with Crippen molar-refractivity contribution in [2.45, 2.75) is 13.8 Å². The number of fused-ring (bicyclic) bond motifs is 1. The lowest BCUT2D eigenvalue weighted by molar-refractivity contribution is -0.119. The van der Waals surface area contributed by atoms with Gasteiger partial charge in [-0.1, -0.05) is 17.7 Å². The molecule has 25 heavy (non-hydrogen) atoms. The highest BCUT2D eigenvalue weighted by atomic mass is 35.5. The Morgan fingerprint density at radius 3 is 2.84 bits per heavy atom. The number of hydrogen-bond donors (Lipinski definition) is 1. The van der Waals surface area contributed by atoms with Crippen LogP contribution in [0, 0.1) is 13.8 Å². The van der Waals surface area contributed by atoms with Gasteiger partial charge in [0.25, 0.3) is 17.5 Å². The van der Waals surface area contributed by atoms with Gasteiger partial charge in [0.1, 0.15) is 0 Å². The fourth-order valence-corrected chi connectivity index (χ4v) is 2.29. The third-order valence-electron chi connectivity index (χ3n) is 3.49. The minimum Gasteiger partial charge on any atom is -0.450 e. The zero-order valence-corrected chi connectivity index (χ0v) is 14.2. The van der Waals surface area contributed by atoms with Gasteiger partial charge in [0.2, 0.25) is 0 Å². The summed E-state index contributed by atoms with van der Waals surface area (Å²) in [5.41, 5.74) is 2.05. The van der Waals surface area contributed by atoms with Gasteiger partial charge in [0.15, 0.2) is 6.61 Å². The number of anilines is 1. The van der Waals surface area contributed by atoms with Gasteiger partial charge in [0, 0.05) is 22.6 Å². The molecule has 2 heterocycles. The number of nitrogens with one attached hydrogen (secondary N) is 1. The molecule has 1 aromatic carbocycles. The molecule has 0 aliphatic rings. The highest BCUT2D eigenvalue weighted by Crippen LogP contribution is 2.22. The van der Waals surface area contributed by atoms with Crippen molar-refractivity contribution in [3.8, 4) is 0 Å². The standard InChI is InChI=1S/C16H14ClN5O3/c1-9-6-7-18-16-20-14(21-22(9)16)15(24)25-8-13(23)19-12-5-3-4-11(17)10(12)2/h3-7H,8H2,1-2H3,(H,19,23). The SMILES string of the molecule is Cc1c(Cl)cccc1NC(=O)COC(=O)c1nc2nccc(C)n2n1. The summed E-state index contributed by atoms with van der Waals surface area (Å²) in [7, 11) is 0. The van der Waals surface area contributed by atoms with Gasteiger partial charge in [0.05, 0.1) is 0 Å². The predicted molar refractivity (Wildman–Crippen MR) is 90.6 cm³/mol. The molecule has 1 N–H and O–H groups in total. The summed E-state index contributed by atoms with van der Waals surface area (Å²) in [5.74, 6) is -1.17. The highest BCUT2D eigenvalue weighted by molar-refractivity contribution is 6.31. The Hall–Kier alpha value is -3.00. The fraction of sp³-hybridized carbons (Fsp3) is 0.188. The molecule has 3 aromatic rings. The van der Waals surface area contributed by atoms with Crippen molar-refractivity contribution < 1.29 is 14.3 Å². The predicted octanol–water partition coefficient (Wildman–Crippen LogP) is 2.19. The summed E-state index contributed by atoms with van der Waals surface area (Å²) < 4.78 is 6.37. The zero-order valence-electron chi connectivity index (χ0n) is 13.5. The van der Waals surface area contributed by atoms with Crippen molar-refractivity contribution in [3.63, 3.8) is 0 Å². The maximum absolute atomic E-state index is 12.0. The molecular formula is C16H14ClN5O3. The lowest BCUT2D eigenvalue weighted by Gasteiger charge is -2.09. The Bertz CT molecular complexity index is 970. The van der Waals surface area contributed by atoms with Gasteiger partial charge in [-0.25, -0.2) is 14.3 Å². The second kappa shape index (κ2) is 6.86. The molecule has 0 atom stereocenters. The van der Waals surface area contributed by atoms with Crippen LogP contribution in [0.15, 0.2) is 30.5 Å². The number of carbonyl (C=O) groups excluding carboxylic acids is 2. The molecule has 0 unspecified atom stereocenters. The van der Waals surface area contributed by atoms with Gasteiger partial charge < -0.3 is 10.1 Å². The minimum absolute atomic E-state index is 0.159. The van der Waals surface area contributed by atoms with Gasteiger partial charge >= 0.3 is 5.97 Å². The molecule has 9 heteroatoms. The van der Waals surface area contributed by atoms with E-state index in [0.29, 0.717) is 10.7 Å². The first-order valence-corrected chi connectivity index (χ1v) is 7.74. The lowest BCUT2D eigenvalue weighted by Crippen LogP contribution is -2.21. The number of hydrogen-bond acceptors (Lipinski definition) is 6. The lowest BCUT2D eigenvalue weighted by atomic mass is 10.2. The monoisotopic (exact) mass is 359 g/mol. The fourth-order valence-electron chi connectivity index (χ4n) is 2.12. The highest BCUT2D eigenvalue weighted by Gasteiger charge is 2.17. The summed E-state index contributed by atoms with van der Waals surface area (Å²) in [6.45, 7) is 3.12. The van der Waals surface area contributed by atoms with Gasteiger partial charge in [-0.15, -0.1) is 5.10 Å². The molecule has 0 spiro atoms. The number of aromatic nitrogens is 4. The molecular weight excluding hydrogens is 346 g/mol. The molecule has 0 saturated carbocycles. The maximum Gasteiger partial charge on any atom is 0.378 e. The smallest absolute Gasteiger partial charge is 0.378 e. The van der Waals surface area contributed by atoms with Crippen LogP contribution in [-0.2, 0) is 9.53 Å². The molecule has 8 nitrogen and oxygen atoms in total. The van der Waals surface area contributed by atoms with Crippen LogP contribution >= 0.6 is 11.6 Å². The Morgan fingerprint density at radius 1 is 1.28 bits per heavy atom. The van der Waals surface area contributed by atoms with Gasteiger partial charge in [-0.05, 0) is 37.6 Å². The van der Waals surface area contributed by atoms with Crippen LogP contribution in [0.25, 0.3) is 5.78 Å². The Morgan fingerprint density at radius 2 is 2.08 bits per heavy atom. The summed E-state index contributed by atoms with van der Waals surface area (Å²) in [6, 6.07) is 6.88. The van der Waals surface area contributed by atoms with E-state index in [-0.39, 0.29) is 11.6 Å². The van der Waals surface area contributed by atoms with E-state index in [1.54, 1.807) is 44.3 Å². The first kappa shape index (κ1) is 16.8. The van der Waals surface area contributed by atoms with Crippen LogP contribution in [-0.4, -0.2) is 38.1 Å². The largest absolute Gasteiger partial charge is 0.450 e. The van der Waals surface area contributed by atoms with Crippen molar-refractivity contribution in [2.24, 2.45) is 0 Å². The summed E-state index contributed by atoms with van der Waals surface area (Å²) in [4.78, 5) is 31.9. The minimum atomic E-state index is -0.803. The van der Waals surface area contributed by atoms with E-state index in [1.165, 1.54) is 4.52 Å². The van der Waals surface area contributed by atoms with Crippen LogP contribution in [0.3, 0.4) is 0 Å². The first-order valence-electron chi connectivity index (χ1n) is 7.36. The topological polar surface area (TPSA) is 98.5 Å². The van der Waals surface area contributed by atoms with Crippen LogP contribution in [0.2, 0.25) is 5.02 Å². The average molecular weight is 360 g/mol. The summed E-state index contributed by atoms with van der Waals surface area (Å²) in [6.07, 6.45) is 1.56. The Labute approximate surface area is 147 Å². The van der Waals surface area contributed by atoms with Crippen molar-refractivity contribution in [2.75, 3.05) is 11.9 Å². The zero-order chi connectivity index (χ0) is 18.0. The second-order valence-electron chi connectivity index (χ2n) is 5.27. The second-order valence-corrected chi connectivity index (χ2v) is 5.68. The average Bonchev–Trinajstić information content (AvgIpc) is 3.03. The molecule has 128 valence electrons. The van der Waals surface area contributed by atoms with E-state index in [0.717, 1.165) is 11.3 Å². The number of carbonyl (C=O) groups is 2. The van der Waals surface area contributed by atoms with Crippen LogP contribution in [0.4, 0.5) is 5.69 Å². The number of ether oxygens (including phenoxy) is 1. The number of amides is 1. The first-order chi connectivity index (χ1) is 12.0. The third kappa shape index (κ3) is 3.58. The van der Waals surface area contributed by atoms with Crippen molar-refractivity contribution in [3.05, 3.63) is 52.6 Å². The molecule has 0 aliphatic heterocycles. The normalized spacial score (nSPS) is 10.7. The molecule has 0 aliphatic carbocycles. The number of rotatable bonds is 4. The molecule has 0 saturated heterocycles. The molecule has 1 amide bonds. The number of esters is 1. The van der Waals surface area contributed by atoms with E-state index < -0.39 is 18.5 Å². The van der Waals surface area contributed by atoms with Crippen LogP contribution in [0.5, 0.6) is 0 Å². The van der Waals surface area contributed by atoms with Crippen molar-refractivity contribution in [1.29, 1.82) is 0 Å². The van der Waals surface area contributed by atoms with Crippen molar-refractivity contribution in [1.82, 2.24) is 19.6 Å².